The van der Waals surface area contributed by atoms with Crippen LogP contribution >= 0.6 is 0 Å². The number of piperidine rings is 1. The molecule has 2 atom stereocenters. The Hall–Kier alpha value is -2.04. The highest BCUT2D eigenvalue weighted by molar-refractivity contribution is 5.85. The summed E-state index contributed by atoms with van der Waals surface area (Å²) in [4.78, 5) is 3.28. The van der Waals surface area contributed by atoms with Crippen molar-refractivity contribution in [3.05, 3.63) is 53.8 Å². The smallest absolute Gasteiger partial charge is 0.227 e. The molecule has 4 heteroatoms. The molecule has 0 amide bonds. The summed E-state index contributed by atoms with van der Waals surface area (Å²) in [6.07, 6.45) is 13.3. The lowest BCUT2D eigenvalue weighted by molar-refractivity contribution is -0.155. The van der Waals surface area contributed by atoms with E-state index in [0.717, 1.165) is 55.4 Å². The van der Waals surface area contributed by atoms with Gasteiger partial charge in [0, 0.05) is 28.1 Å². The SMILES string of the molecule is CCCC1OC(Oc2cccc3[nH]ccc23)C2=C(CCC=C2)C12CCNCC2. The number of benzene rings is 1. The van der Waals surface area contributed by atoms with Gasteiger partial charge in [-0.3, -0.25) is 0 Å². The topological polar surface area (TPSA) is 46.3 Å². The summed E-state index contributed by atoms with van der Waals surface area (Å²) in [5.74, 6) is 0.895. The van der Waals surface area contributed by atoms with Gasteiger partial charge in [-0.2, -0.15) is 0 Å². The Labute approximate surface area is 167 Å². The van der Waals surface area contributed by atoms with Crippen molar-refractivity contribution in [2.45, 2.75) is 57.8 Å². The predicted octanol–water partition coefficient (Wildman–Crippen LogP) is 5.09. The molecule has 1 saturated heterocycles. The Kier molecular flexibility index (Phi) is 4.77. The maximum Gasteiger partial charge on any atom is 0.227 e. The van der Waals surface area contributed by atoms with Gasteiger partial charge < -0.3 is 19.8 Å². The summed E-state index contributed by atoms with van der Waals surface area (Å²) in [5, 5.41) is 4.66. The molecule has 148 valence electrons. The first-order chi connectivity index (χ1) is 13.8. The van der Waals surface area contributed by atoms with E-state index in [1.807, 2.05) is 12.3 Å². The van der Waals surface area contributed by atoms with E-state index in [-0.39, 0.29) is 17.8 Å². The van der Waals surface area contributed by atoms with Crippen LogP contribution < -0.4 is 10.1 Å². The van der Waals surface area contributed by atoms with Gasteiger partial charge in [-0.15, -0.1) is 0 Å². The second kappa shape index (κ2) is 7.41. The molecule has 5 rings (SSSR count). The number of nitrogens with one attached hydrogen (secondary N) is 2. The van der Waals surface area contributed by atoms with E-state index in [1.165, 1.54) is 18.4 Å². The first-order valence-corrected chi connectivity index (χ1v) is 10.8. The Morgan fingerprint density at radius 2 is 2.11 bits per heavy atom. The average Bonchev–Trinajstić information content (AvgIpc) is 3.22. The van der Waals surface area contributed by atoms with Crippen LogP contribution in [-0.2, 0) is 4.74 Å². The normalized spacial score (nSPS) is 26.6. The number of hydrogen-bond donors (Lipinski definition) is 2. The quantitative estimate of drug-likeness (QED) is 0.779. The largest absolute Gasteiger partial charge is 0.460 e. The monoisotopic (exact) mass is 378 g/mol. The molecule has 1 aromatic heterocycles. The molecule has 2 aliphatic heterocycles. The number of ether oxygens (including phenoxy) is 2. The van der Waals surface area contributed by atoms with Crippen molar-refractivity contribution < 1.29 is 9.47 Å². The minimum Gasteiger partial charge on any atom is -0.460 e. The molecule has 0 radical (unpaired) electrons. The molecule has 2 aromatic rings. The van der Waals surface area contributed by atoms with Crippen molar-refractivity contribution in [1.29, 1.82) is 0 Å². The highest BCUT2D eigenvalue weighted by Gasteiger charge is 2.49. The van der Waals surface area contributed by atoms with Gasteiger partial charge in [0.15, 0.2) is 0 Å². The molecular weight excluding hydrogens is 348 g/mol. The number of allylic oxidation sites excluding steroid dienone is 1. The zero-order chi connectivity index (χ0) is 19.0. The summed E-state index contributed by atoms with van der Waals surface area (Å²) < 4.78 is 13.3. The van der Waals surface area contributed by atoms with Crippen molar-refractivity contribution in [3.8, 4) is 5.75 Å². The summed E-state index contributed by atoms with van der Waals surface area (Å²) in [6, 6.07) is 8.26. The maximum atomic E-state index is 6.75. The fourth-order valence-corrected chi connectivity index (χ4v) is 5.46. The first-order valence-electron chi connectivity index (χ1n) is 10.8. The minimum atomic E-state index is -0.316. The molecule has 1 aliphatic carbocycles. The second-order valence-corrected chi connectivity index (χ2v) is 8.34. The lowest BCUT2D eigenvalue weighted by atomic mass is 9.63. The van der Waals surface area contributed by atoms with Crippen LogP contribution in [0.2, 0.25) is 0 Å². The van der Waals surface area contributed by atoms with Crippen LogP contribution in [-0.4, -0.2) is 30.5 Å². The summed E-state index contributed by atoms with van der Waals surface area (Å²) >= 11 is 0. The second-order valence-electron chi connectivity index (χ2n) is 8.34. The zero-order valence-corrected chi connectivity index (χ0v) is 16.7. The van der Waals surface area contributed by atoms with Gasteiger partial charge in [-0.25, -0.2) is 0 Å². The Balaban J connectivity index is 1.56. The van der Waals surface area contributed by atoms with Crippen LogP contribution in [0.1, 0.15) is 45.4 Å². The summed E-state index contributed by atoms with van der Waals surface area (Å²) in [5.41, 5.74) is 4.16. The van der Waals surface area contributed by atoms with Gasteiger partial charge >= 0.3 is 0 Å². The number of aromatic nitrogens is 1. The molecule has 3 aliphatic rings. The van der Waals surface area contributed by atoms with Gasteiger partial charge in [0.25, 0.3) is 0 Å². The average molecular weight is 379 g/mol. The molecule has 1 aromatic carbocycles. The number of H-pyrrole nitrogens is 1. The number of hydrogen-bond acceptors (Lipinski definition) is 3. The lowest BCUT2D eigenvalue weighted by Gasteiger charge is -2.51. The number of fused-ring (bicyclic) bond motifs is 2. The highest BCUT2D eigenvalue weighted by atomic mass is 16.7. The Morgan fingerprint density at radius 1 is 1.21 bits per heavy atom. The lowest BCUT2D eigenvalue weighted by Crippen LogP contribution is -2.52. The number of rotatable bonds is 4. The third-order valence-electron chi connectivity index (χ3n) is 6.80. The fourth-order valence-electron chi connectivity index (χ4n) is 5.46. The highest BCUT2D eigenvalue weighted by Crippen LogP contribution is 2.52. The molecule has 0 saturated carbocycles. The van der Waals surface area contributed by atoms with Gasteiger partial charge in [-0.05, 0) is 63.4 Å². The molecule has 28 heavy (non-hydrogen) atoms. The van der Waals surface area contributed by atoms with E-state index < -0.39 is 0 Å². The molecule has 1 fully saturated rings. The van der Waals surface area contributed by atoms with Crippen molar-refractivity contribution in [2.24, 2.45) is 5.41 Å². The molecule has 3 heterocycles. The van der Waals surface area contributed by atoms with Gasteiger partial charge in [0.05, 0.1) is 6.10 Å². The van der Waals surface area contributed by atoms with Crippen LogP contribution in [0.5, 0.6) is 5.75 Å². The van der Waals surface area contributed by atoms with E-state index in [1.54, 1.807) is 5.57 Å². The van der Waals surface area contributed by atoms with Crippen molar-refractivity contribution >= 4 is 10.9 Å². The van der Waals surface area contributed by atoms with E-state index in [0.29, 0.717) is 0 Å². The standard InChI is InChI=1S/C24H30N2O2/c1-2-6-22-24(12-15-25-16-13-24)19-8-4-3-7-17(19)23(28-22)27-21-10-5-9-20-18(21)11-14-26-20/h3,5,7,9-11,14,22-23,25-26H,2,4,6,8,12-13,15-16H2,1H3. The van der Waals surface area contributed by atoms with Crippen LogP contribution in [0.4, 0.5) is 0 Å². The predicted molar refractivity (Wildman–Crippen MR) is 112 cm³/mol. The van der Waals surface area contributed by atoms with Crippen molar-refractivity contribution in [1.82, 2.24) is 10.3 Å². The third kappa shape index (κ3) is 2.90. The zero-order valence-electron chi connectivity index (χ0n) is 16.7. The molecule has 2 N–H and O–H groups in total. The van der Waals surface area contributed by atoms with E-state index >= 15 is 0 Å². The van der Waals surface area contributed by atoms with E-state index in [9.17, 15) is 0 Å². The Morgan fingerprint density at radius 3 is 2.96 bits per heavy atom. The third-order valence-corrected chi connectivity index (χ3v) is 6.80. The molecule has 0 bridgehead atoms. The van der Waals surface area contributed by atoms with Gasteiger partial charge in [0.1, 0.15) is 5.75 Å². The van der Waals surface area contributed by atoms with Crippen LogP contribution in [0, 0.1) is 5.41 Å². The van der Waals surface area contributed by atoms with Crippen molar-refractivity contribution in [3.63, 3.8) is 0 Å². The van der Waals surface area contributed by atoms with Gasteiger partial charge in [0.2, 0.25) is 6.29 Å². The van der Waals surface area contributed by atoms with Crippen LogP contribution in [0.3, 0.4) is 0 Å². The summed E-state index contributed by atoms with van der Waals surface area (Å²) in [6.45, 7) is 4.43. The first kappa shape index (κ1) is 18.0. The maximum absolute atomic E-state index is 6.75. The number of aromatic amines is 1. The van der Waals surface area contributed by atoms with E-state index in [2.05, 4.69) is 47.6 Å². The van der Waals surface area contributed by atoms with Crippen LogP contribution in [0.25, 0.3) is 10.9 Å². The summed E-state index contributed by atoms with van der Waals surface area (Å²) in [7, 11) is 0. The molecular formula is C24H30N2O2. The van der Waals surface area contributed by atoms with Gasteiger partial charge in [-0.1, -0.05) is 37.1 Å². The van der Waals surface area contributed by atoms with E-state index in [4.69, 9.17) is 9.47 Å². The fraction of sp³-hybridized carbons (Fsp3) is 0.500. The Bertz CT molecular complexity index is 904. The molecule has 4 nitrogen and oxygen atoms in total. The van der Waals surface area contributed by atoms with Crippen molar-refractivity contribution in [2.75, 3.05) is 13.1 Å². The minimum absolute atomic E-state index is 0.182. The molecule has 2 unspecified atom stereocenters. The molecule has 1 spiro atoms. The van der Waals surface area contributed by atoms with Crippen LogP contribution in [0.15, 0.2) is 53.8 Å².